The Hall–Kier alpha value is -2.42. The van der Waals surface area contributed by atoms with Gasteiger partial charge in [0.15, 0.2) is 0 Å². The van der Waals surface area contributed by atoms with Crippen molar-refractivity contribution in [2.45, 2.75) is 56.6 Å². The quantitative estimate of drug-likeness (QED) is 0.710. The molecule has 2 aliphatic heterocycles. The molecule has 33 heavy (non-hydrogen) atoms. The van der Waals surface area contributed by atoms with Crippen LogP contribution in [0.1, 0.15) is 49.9 Å². The molecule has 2 aromatic rings. The van der Waals surface area contributed by atoms with Gasteiger partial charge in [-0.1, -0.05) is 18.9 Å². The second kappa shape index (κ2) is 10.2. The van der Waals surface area contributed by atoms with E-state index >= 15 is 0 Å². The molecule has 0 saturated carbocycles. The van der Waals surface area contributed by atoms with Crippen molar-refractivity contribution in [2.24, 2.45) is 0 Å². The van der Waals surface area contributed by atoms with Gasteiger partial charge >= 0.3 is 0 Å². The van der Waals surface area contributed by atoms with Gasteiger partial charge < -0.3 is 15.0 Å². The molecule has 2 atom stereocenters. The molecule has 0 spiro atoms. The maximum absolute atomic E-state index is 13.2. The number of carbonyl (C=O) groups excluding carboxylic acids is 1. The summed E-state index contributed by atoms with van der Waals surface area (Å²) in [6.07, 6.45) is 4.63. The van der Waals surface area contributed by atoms with E-state index in [1.165, 1.54) is 42.1 Å². The Morgan fingerprint density at radius 3 is 2.21 bits per heavy atom. The monoisotopic (exact) mass is 471 g/mol. The summed E-state index contributed by atoms with van der Waals surface area (Å²) in [6, 6.07) is 14.1. The first kappa shape index (κ1) is 23.7. The molecule has 4 rings (SSSR count). The van der Waals surface area contributed by atoms with Crippen molar-refractivity contribution in [3.05, 3.63) is 54.1 Å². The molecule has 0 bridgehead atoms. The van der Waals surface area contributed by atoms with Crippen LogP contribution >= 0.6 is 0 Å². The molecule has 1 amide bonds. The summed E-state index contributed by atoms with van der Waals surface area (Å²) in [5.41, 5.74) is 2.15. The largest absolute Gasteiger partial charge is 0.373 e. The fourth-order valence-electron chi connectivity index (χ4n) is 4.56. The number of anilines is 2. The predicted molar refractivity (Wildman–Crippen MR) is 130 cm³/mol. The number of hydrogen-bond acceptors (Lipinski definition) is 5. The molecule has 2 saturated heterocycles. The molecule has 2 fully saturated rings. The molecule has 0 aliphatic carbocycles. The highest BCUT2D eigenvalue weighted by atomic mass is 32.2. The zero-order valence-corrected chi connectivity index (χ0v) is 20.2. The highest BCUT2D eigenvalue weighted by molar-refractivity contribution is 7.89. The van der Waals surface area contributed by atoms with Gasteiger partial charge in [-0.05, 0) is 69.2 Å². The molecule has 2 heterocycles. The van der Waals surface area contributed by atoms with Gasteiger partial charge in [-0.25, -0.2) is 8.42 Å². The van der Waals surface area contributed by atoms with Gasteiger partial charge in [-0.2, -0.15) is 4.31 Å². The van der Waals surface area contributed by atoms with Crippen LogP contribution in [0, 0.1) is 0 Å². The first-order valence-corrected chi connectivity index (χ1v) is 13.2. The van der Waals surface area contributed by atoms with E-state index in [2.05, 4.69) is 10.2 Å². The molecule has 0 aromatic heterocycles. The Kier molecular flexibility index (Phi) is 7.36. The molecule has 1 N–H and O–H groups in total. The number of rotatable bonds is 5. The van der Waals surface area contributed by atoms with Crippen molar-refractivity contribution in [3.8, 4) is 0 Å². The summed E-state index contributed by atoms with van der Waals surface area (Å²) < 4.78 is 33.4. The normalized spacial score (nSPS) is 22.5. The van der Waals surface area contributed by atoms with Gasteiger partial charge in [0.2, 0.25) is 10.0 Å². The number of sulfonamides is 1. The number of hydrogen-bond donors (Lipinski definition) is 1. The summed E-state index contributed by atoms with van der Waals surface area (Å²) in [7, 11) is -3.71. The molecular formula is C25H33N3O4S. The van der Waals surface area contributed by atoms with Crippen LogP contribution in [0.2, 0.25) is 0 Å². The van der Waals surface area contributed by atoms with Crippen molar-refractivity contribution in [1.29, 1.82) is 0 Å². The van der Waals surface area contributed by atoms with Crippen molar-refractivity contribution in [1.82, 2.24) is 4.31 Å². The Balaban J connectivity index is 1.45. The number of morpholine rings is 1. The molecule has 7 nitrogen and oxygen atoms in total. The summed E-state index contributed by atoms with van der Waals surface area (Å²) >= 11 is 0. The highest BCUT2D eigenvalue weighted by Crippen LogP contribution is 2.24. The number of amides is 1. The smallest absolute Gasteiger partial charge is 0.255 e. The van der Waals surface area contributed by atoms with Crippen LogP contribution in [0.15, 0.2) is 53.4 Å². The predicted octanol–water partition coefficient (Wildman–Crippen LogP) is 4.12. The lowest BCUT2D eigenvalue weighted by Gasteiger charge is -2.34. The van der Waals surface area contributed by atoms with E-state index < -0.39 is 10.0 Å². The lowest BCUT2D eigenvalue weighted by atomic mass is 10.2. The van der Waals surface area contributed by atoms with Crippen molar-refractivity contribution < 1.29 is 17.9 Å². The summed E-state index contributed by atoms with van der Waals surface area (Å²) in [5, 5.41) is 2.89. The zero-order chi connectivity index (χ0) is 23.4. The Bertz CT molecular complexity index is 1050. The van der Waals surface area contributed by atoms with Crippen LogP contribution in [-0.4, -0.2) is 57.0 Å². The molecule has 178 valence electrons. The maximum Gasteiger partial charge on any atom is 0.255 e. The maximum atomic E-state index is 13.2. The Labute approximate surface area is 196 Å². The average molecular weight is 472 g/mol. The van der Waals surface area contributed by atoms with Gasteiger partial charge in [0.05, 0.1) is 17.1 Å². The third-order valence-electron chi connectivity index (χ3n) is 6.22. The zero-order valence-electron chi connectivity index (χ0n) is 19.4. The van der Waals surface area contributed by atoms with Crippen LogP contribution < -0.4 is 10.2 Å². The molecule has 2 aromatic carbocycles. The lowest BCUT2D eigenvalue weighted by molar-refractivity contribution is -0.0440. The topological polar surface area (TPSA) is 79.0 Å². The standard InChI is InChI=1S/C25H33N3O4S/c1-19-17-28(18-20(2)32-19)33(30,31)24-9-7-8-21(16-24)25(29)26-22-10-12-23(13-11-22)27-14-5-3-4-6-15-27/h7-13,16,19-20H,3-6,14-15,17-18H2,1-2H3,(H,26,29)/t19-,20-/m1/s1. The number of carbonyl (C=O) groups is 1. The van der Waals surface area contributed by atoms with Crippen molar-refractivity contribution in [3.63, 3.8) is 0 Å². The molecule has 0 radical (unpaired) electrons. The minimum atomic E-state index is -3.71. The number of nitrogens with zero attached hydrogens (tertiary/aromatic N) is 2. The second-order valence-corrected chi connectivity index (χ2v) is 10.9. The van der Waals surface area contributed by atoms with E-state index in [0.717, 1.165) is 18.8 Å². The van der Waals surface area contributed by atoms with E-state index in [4.69, 9.17) is 4.74 Å². The van der Waals surface area contributed by atoms with Crippen LogP contribution in [0.25, 0.3) is 0 Å². The molecule has 8 heteroatoms. The minimum Gasteiger partial charge on any atom is -0.373 e. The number of nitrogens with one attached hydrogen (secondary N) is 1. The molecule has 2 aliphatic rings. The van der Waals surface area contributed by atoms with Gasteiger partial charge in [0, 0.05) is 43.1 Å². The number of ether oxygens (including phenoxy) is 1. The van der Waals surface area contributed by atoms with E-state index in [-0.39, 0.29) is 23.0 Å². The van der Waals surface area contributed by atoms with Crippen molar-refractivity contribution in [2.75, 3.05) is 36.4 Å². The average Bonchev–Trinajstić information content (AvgIpc) is 3.09. The van der Waals surface area contributed by atoms with Gasteiger partial charge in [-0.15, -0.1) is 0 Å². The van der Waals surface area contributed by atoms with Crippen LogP contribution in [0.4, 0.5) is 11.4 Å². The third kappa shape index (κ3) is 5.75. The second-order valence-electron chi connectivity index (χ2n) is 9.01. The summed E-state index contributed by atoms with van der Waals surface area (Å²) in [4.78, 5) is 15.4. The number of benzene rings is 2. The summed E-state index contributed by atoms with van der Waals surface area (Å²) in [6.45, 7) is 6.45. The molecular weight excluding hydrogens is 438 g/mol. The van der Waals surface area contributed by atoms with Gasteiger partial charge in [0.25, 0.3) is 5.91 Å². The van der Waals surface area contributed by atoms with Crippen molar-refractivity contribution >= 4 is 27.3 Å². The minimum absolute atomic E-state index is 0.118. The fourth-order valence-corrected chi connectivity index (χ4v) is 6.20. The van der Waals surface area contributed by atoms with E-state index in [1.54, 1.807) is 12.1 Å². The molecule has 0 unspecified atom stereocenters. The fraction of sp³-hybridized carbons (Fsp3) is 0.480. The van der Waals surface area contributed by atoms with Gasteiger partial charge in [-0.3, -0.25) is 4.79 Å². The highest BCUT2D eigenvalue weighted by Gasteiger charge is 2.32. The van der Waals surface area contributed by atoms with Crippen LogP contribution in [-0.2, 0) is 14.8 Å². The van der Waals surface area contributed by atoms with E-state index in [1.807, 2.05) is 38.1 Å². The Morgan fingerprint density at radius 1 is 0.939 bits per heavy atom. The summed E-state index contributed by atoms with van der Waals surface area (Å²) in [5.74, 6) is -0.335. The van der Waals surface area contributed by atoms with Gasteiger partial charge in [0.1, 0.15) is 0 Å². The first-order valence-electron chi connectivity index (χ1n) is 11.7. The first-order chi connectivity index (χ1) is 15.8. The van der Waals surface area contributed by atoms with Crippen LogP contribution in [0.3, 0.4) is 0 Å². The Morgan fingerprint density at radius 2 is 1.58 bits per heavy atom. The SMILES string of the molecule is C[C@@H]1CN(S(=O)(=O)c2cccc(C(=O)Nc3ccc(N4CCCCCC4)cc3)c2)C[C@@H](C)O1. The van der Waals surface area contributed by atoms with E-state index in [9.17, 15) is 13.2 Å². The third-order valence-corrected chi connectivity index (χ3v) is 8.04. The van der Waals surface area contributed by atoms with E-state index in [0.29, 0.717) is 24.3 Å². The van der Waals surface area contributed by atoms with Crippen LogP contribution in [0.5, 0.6) is 0 Å². The lowest BCUT2D eigenvalue weighted by Crippen LogP contribution is -2.48.